The van der Waals surface area contributed by atoms with Crippen molar-refractivity contribution in [3.8, 4) is 0 Å². The molecule has 0 aliphatic heterocycles. The predicted molar refractivity (Wildman–Crippen MR) is 83.4 cm³/mol. The van der Waals surface area contributed by atoms with Gasteiger partial charge in [0.1, 0.15) is 0 Å². The van der Waals surface area contributed by atoms with Crippen LogP contribution in [0.15, 0.2) is 22.7 Å². The van der Waals surface area contributed by atoms with Crippen LogP contribution in [0.25, 0.3) is 0 Å². The molecule has 1 aliphatic carbocycles. The van der Waals surface area contributed by atoms with Crippen molar-refractivity contribution in [3.05, 3.63) is 27.7 Å². The molecule has 2 unspecified atom stereocenters. The maximum Gasteiger partial charge on any atom is 0.0549 e. The smallest absolute Gasteiger partial charge is 0.0549 e. The highest BCUT2D eigenvalue weighted by Gasteiger charge is 2.31. The second-order valence-electron chi connectivity index (χ2n) is 6.38. The van der Waals surface area contributed by atoms with Gasteiger partial charge in [-0.2, -0.15) is 0 Å². The van der Waals surface area contributed by atoms with Crippen LogP contribution in [-0.2, 0) is 0 Å². The van der Waals surface area contributed by atoms with E-state index >= 15 is 0 Å². The van der Waals surface area contributed by atoms with Crippen LogP contribution in [0.2, 0.25) is 5.02 Å². The van der Waals surface area contributed by atoms with Gasteiger partial charge in [0.05, 0.1) is 5.02 Å². The average Bonchev–Trinajstić information content (AvgIpc) is 2.20. The maximum absolute atomic E-state index is 6.02. The van der Waals surface area contributed by atoms with Crippen LogP contribution in [0.4, 0.5) is 5.69 Å². The van der Waals surface area contributed by atoms with E-state index in [4.69, 9.17) is 11.6 Å². The van der Waals surface area contributed by atoms with Gasteiger partial charge in [-0.3, -0.25) is 0 Å². The molecule has 2 rings (SSSR count). The summed E-state index contributed by atoms with van der Waals surface area (Å²) in [5.41, 5.74) is 1.60. The normalized spacial score (nSPS) is 26.9. The molecule has 0 amide bonds. The van der Waals surface area contributed by atoms with Crippen LogP contribution < -0.4 is 5.32 Å². The SMILES string of the molecule is CC1CC(Nc2ccc(Cl)c(Br)c2)CC(C)(C)C1. The first-order valence-corrected chi connectivity index (χ1v) is 7.74. The molecule has 1 saturated carbocycles. The van der Waals surface area contributed by atoms with Gasteiger partial charge in [-0.15, -0.1) is 0 Å². The lowest BCUT2D eigenvalue weighted by Gasteiger charge is -2.39. The van der Waals surface area contributed by atoms with Crippen LogP contribution in [0, 0.1) is 11.3 Å². The zero-order chi connectivity index (χ0) is 13.3. The summed E-state index contributed by atoms with van der Waals surface area (Å²) < 4.78 is 0.956. The second kappa shape index (κ2) is 5.42. The minimum atomic E-state index is 0.443. The largest absolute Gasteiger partial charge is 0.382 e. The summed E-state index contributed by atoms with van der Waals surface area (Å²) in [4.78, 5) is 0. The zero-order valence-corrected chi connectivity index (χ0v) is 13.6. The first-order chi connectivity index (χ1) is 8.35. The van der Waals surface area contributed by atoms with Crippen molar-refractivity contribution >= 4 is 33.2 Å². The van der Waals surface area contributed by atoms with Crippen LogP contribution in [0.5, 0.6) is 0 Å². The third kappa shape index (κ3) is 3.64. The van der Waals surface area contributed by atoms with Gasteiger partial charge in [-0.05, 0) is 64.7 Å². The Morgan fingerprint density at radius 1 is 1.33 bits per heavy atom. The van der Waals surface area contributed by atoms with Gasteiger partial charge in [-0.25, -0.2) is 0 Å². The van der Waals surface area contributed by atoms with E-state index in [-0.39, 0.29) is 0 Å². The highest BCUT2D eigenvalue weighted by atomic mass is 79.9. The number of benzene rings is 1. The second-order valence-corrected chi connectivity index (χ2v) is 7.65. The fourth-order valence-corrected chi connectivity index (χ4v) is 3.77. The van der Waals surface area contributed by atoms with Crippen molar-refractivity contribution in [1.82, 2.24) is 0 Å². The van der Waals surface area contributed by atoms with E-state index in [9.17, 15) is 0 Å². The Balaban J connectivity index is 2.06. The number of halogens is 2. The summed E-state index contributed by atoms with van der Waals surface area (Å²) in [6.45, 7) is 7.09. The third-order valence-corrected chi connectivity index (χ3v) is 4.89. The fraction of sp³-hybridized carbons (Fsp3) is 0.600. The van der Waals surface area contributed by atoms with Crippen LogP contribution in [-0.4, -0.2) is 6.04 Å². The van der Waals surface area contributed by atoms with E-state index < -0.39 is 0 Å². The number of nitrogens with one attached hydrogen (secondary N) is 1. The van der Waals surface area contributed by atoms with Crippen molar-refractivity contribution < 1.29 is 0 Å². The molecular formula is C15H21BrClN. The van der Waals surface area contributed by atoms with E-state index in [1.807, 2.05) is 6.07 Å². The summed E-state index contributed by atoms with van der Waals surface area (Å²) in [6.07, 6.45) is 3.82. The molecule has 1 aromatic rings. The van der Waals surface area contributed by atoms with Gasteiger partial charge in [0.15, 0.2) is 0 Å². The van der Waals surface area contributed by atoms with Crippen LogP contribution in [0.3, 0.4) is 0 Å². The number of hydrogen-bond acceptors (Lipinski definition) is 1. The Bertz CT molecular complexity index is 431. The summed E-state index contributed by atoms with van der Waals surface area (Å²) >= 11 is 9.49. The van der Waals surface area contributed by atoms with Gasteiger partial charge >= 0.3 is 0 Å². The summed E-state index contributed by atoms with van der Waals surface area (Å²) in [7, 11) is 0. The predicted octanol–water partition coefficient (Wildman–Crippen LogP) is 5.73. The van der Waals surface area contributed by atoms with Crippen molar-refractivity contribution in [2.45, 2.75) is 46.1 Å². The van der Waals surface area contributed by atoms with Crippen molar-refractivity contribution in [2.75, 3.05) is 5.32 Å². The molecular weight excluding hydrogens is 310 g/mol. The standard InChI is InChI=1S/C15H21BrClN/c1-10-6-12(9-15(2,3)8-10)18-11-4-5-14(17)13(16)7-11/h4-5,7,10,12,18H,6,8-9H2,1-3H3. The molecule has 3 heteroatoms. The lowest BCUT2D eigenvalue weighted by Crippen LogP contribution is -2.35. The van der Waals surface area contributed by atoms with E-state index in [0.717, 1.165) is 21.1 Å². The van der Waals surface area contributed by atoms with E-state index in [1.165, 1.54) is 19.3 Å². The number of hydrogen-bond donors (Lipinski definition) is 1. The minimum Gasteiger partial charge on any atom is -0.382 e. The highest BCUT2D eigenvalue weighted by molar-refractivity contribution is 9.10. The molecule has 1 N–H and O–H groups in total. The lowest BCUT2D eigenvalue weighted by atomic mass is 9.70. The molecule has 2 atom stereocenters. The fourth-order valence-electron chi connectivity index (χ4n) is 3.28. The Morgan fingerprint density at radius 3 is 2.67 bits per heavy atom. The van der Waals surface area contributed by atoms with Crippen LogP contribution in [0.1, 0.15) is 40.0 Å². The summed E-state index contributed by atoms with van der Waals surface area (Å²) in [5.74, 6) is 0.794. The molecule has 1 aromatic carbocycles. The molecule has 0 heterocycles. The Hall–Kier alpha value is -0.210. The summed E-state index contributed by atoms with van der Waals surface area (Å²) in [6, 6.07) is 6.62. The topological polar surface area (TPSA) is 12.0 Å². The minimum absolute atomic E-state index is 0.443. The monoisotopic (exact) mass is 329 g/mol. The van der Waals surface area contributed by atoms with E-state index in [2.05, 4.69) is 54.2 Å². The third-order valence-electron chi connectivity index (χ3n) is 3.68. The number of anilines is 1. The molecule has 1 fully saturated rings. The Morgan fingerprint density at radius 2 is 2.06 bits per heavy atom. The van der Waals surface area contributed by atoms with Gasteiger partial charge in [0.25, 0.3) is 0 Å². The molecule has 0 aromatic heterocycles. The number of rotatable bonds is 2. The highest BCUT2D eigenvalue weighted by Crippen LogP contribution is 2.39. The summed E-state index contributed by atoms with van der Waals surface area (Å²) in [5, 5.41) is 4.41. The first kappa shape index (κ1) is 14.2. The quantitative estimate of drug-likeness (QED) is 0.730. The molecule has 0 radical (unpaired) electrons. The molecule has 18 heavy (non-hydrogen) atoms. The zero-order valence-electron chi connectivity index (χ0n) is 11.3. The van der Waals surface area contributed by atoms with Crippen molar-refractivity contribution in [1.29, 1.82) is 0 Å². The van der Waals surface area contributed by atoms with Gasteiger partial charge in [-0.1, -0.05) is 32.4 Å². The van der Waals surface area contributed by atoms with Crippen molar-refractivity contribution in [3.63, 3.8) is 0 Å². The molecule has 1 nitrogen and oxygen atoms in total. The Kier molecular flexibility index (Phi) is 4.28. The van der Waals surface area contributed by atoms with Gasteiger partial charge in [0.2, 0.25) is 0 Å². The average molecular weight is 331 g/mol. The van der Waals surface area contributed by atoms with E-state index in [1.54, 1.807) is 0 Å². The molecule has 0 spiro atoms. The van der Waals surface area contributed by atoms with Crippen molar-refractivity contribution in [2.24, 2.45) is 11.3 Å². The van der Waals surface area contributed by atoms with E-state index in [0.29, 0.717) is 11.5 Å². The van der Waals surface area contributed by atoms with Gasteiger partial charge < -0.3 is 5.32 Å². The molecule has 1 aliphatic rings. The Labute approximate surface area is 123 Å². The molecule has 100 valence electrons. The molecule has 0 saturated heterocycles. The van der Waals surface area contributed by atoms with Crippen LogP contribution >= 0.6 is 27.5 Å². The van der Waals surface area contributed by atoms with Gasteiger partial charge in [0, 0.05) is 16.2 Å². The molecule has 0 bridgehead atoms. The maximum atomic E-state index is 6.02. The lowest BCUT2D eigenvalue weighted by molar-refractivity contribution is 0.178. The first-order valence-electron chi connectivity index (χ1n) is 6.57.